The molecule has 1 amide bonds. The Morgan fingerprint density at radius 1 is 1.26 bits per heavy atom. The van der Waals surface area contributed by atoms with Gasteiger partial charge in [-0.25, -0.2) is 14.2 Å². The van der Waals surface area contributed by atoms with Crippen molar-refractivity contribution in [1.82, 2.24) is 5.43 Å². The quantitative estimate of drug-likeness (QED) is 0.669. The first-order valence-corrected chi connectivity index (χ1v) is 7.01. The Kier molecular flexibility index (Phi) is 5.65. The molecule has 0 radical (unpaired) electrons. The van der Waals surface area contributed by atoms with Gasteiger partial charge in [-0.2, -0.15) is 5.10 Å². The van der Waals surface area contributed by atoms with Gasteiger partial charge in [0.1, 0.15) is 5.82 Å². The van der Waals surface area contributed by atoms with Gasteiger partial charge in [0.25, 0.3) is 5.91 Å². The Hall–Kier alpha value is -2.47. The third-order valence-corrected chi connectivity index (χ3v) is 3.18. The van der Waals surface area contributed by atoms with E-state index in [0.29, 0.717) is 11.3 Å². The van der Waals surface area contributed by atoms with Crippen molar-refractivity contribution in [3.8, 4) is 5.75 Å². The Bertz CT molecular complexity index is 751. The molecule has 0 aliphatic rings. The summed E-state index contributed by atoms with van der Waals surface area (Å²) in [6.45, 7) is 1.21. The molecule has 0 spiro atoms. The van der Waals surface area contributed by atoms with Crippen LogP contribution in [0, 0.1) is 11.6 Å². The van der Waals surface area contributed by atoms with E-state index in [4.69, 9.17) is 16.3 Å². The summed E-state index contributed by atoms with van der Waals surface area (Å²) >= 11 is 5.90. The van der Waals surface area contributed by atoms with Crippen molar-refractivity contribution in [2.75, 3.05) is 6.61 Å². The Morgan fingerprint density at radius 2 is 2.00 bits per heavy atom. The first kappa shape index (κ1) is 16.9. The summed E-state index contributed by atoms with van der Waals surface area (Å²) in [6, 6.07) is 9.60. The molecule has 2 aromatic carbocycles. The van der Waals surface area contributed by atoms with Crippen LogP contribution in [0.2, 0.25) is 5.02 Å². The fourth-order valence-corrected chi connectivity index (χ4v) is 2.03. The second kappa shape index (κ2) is 7.69. The van der Waals surface area contributed by atoms with Crippen LogP contribution < -0.4 is 10.2 Å². The summed E-state index contributed by atoms with van der Waals surface area (Å²) in [4.78, 5) is 11.6. The van der Waals surface area contributed by atoms with Crippen molar-refractivity contribution in [3.63, 3.8) is 0 Å². The summed E-state index contributed by atoms with van der Waals surface area (Å²) in [7, 11) is 0. The lowest BCUT2D eigenvalue weighted by Crippen LogP contribution is -2.25. The van der Waals surface area contributed by atoms with Crippen molar-refractivity contribution in [1.29, 1.82) is 0 Å². The number of rotatable bonds is 5. The van der Waals surface area contributed by atoms with Crippen LogP contribution in [0.5, 0.6) is 5.75 Å². The van der Waals surface area contributed by atoms with E-state index < -0.39 is 24.1 Å². The molecule has 0 saturated heterocycles. The van der Waals surface area contributed by atoms with Crippen LogP contribution >= 0.6 is 11.6 Å². The Labute approximate surface area is 136 Å². The van der Waals surface area contributed by atoms with E-state index >= 15 is 0 Å². The number of nitrogens with one attached hydrogen (secondary N) is 1. The molecule has 0 saturated carbocycles. The molecule has 0 aliphatic carbocycles. The van der Waals surface area contributed by atoms with Crippen molar-refractivity contribution < 1.29 is 18.3 Å². The Balaban J connectivity index is 1.94. The number of carbonyl (C=O) groups is 1. The zero-order valence-electron chi connectivity index (χ0n) is 12.1. The summed E-state index contributed by atoms with van der Waals surface area (Å²) in [5.41, 5.74) is 3.15. The molecule has 23 heavy (non-hydrogen) atoms. The normalized spacial score (nSPS) is 11.2. The first-order chi connectivity index (χ1) is 11.0. The average Bonchev–Trinajstić information content (AvgIpc) is 2.52. The van der Waals surface area contributed by atoms with Gasteiger partial charge >= 0.3 is 0 Å². The van der Waals surface area contributed by atoms with E-state index in [1.54, 1.807) is 13.0 Å². The molecule has 0 bridgehead atoms. The molecule has 0 fully saturated rings. The summed E-state index contributed by atoms with van der Waals surface area (Å²) < 4.78 is 31.3. The zero-order chi connectivity index (χ0) is 16.8. The van der Waals surface area contributed by atoms with Crippen LogP contribution in [0.3, 0.4) is 0 Å². The van der Waals surface area contributed by atoms with Crippen LogP contribution in [-0.4, -0.2) is 18.2 Å². The largest absolute Gasteiger partial charge is 0.481 e. The molecule has 7 heteroatoms. The Morgan fingerprint density at radius 3 is 2.70 bits per heavy atom. The molecule has 0 aromatic heterocycles. The lowest BCUT2D eigenvalue weighted by atomic mass is 10.1. The molecule has 4 nitrogen and oxygen atoms in total. The second-order valence-corrected chi connectivity index (χ2v) is 4.98. The number of hydrazone groups is 1. The van der Waals surface area contributed by atoms with Gasteiger partial charge in [0.05, 0.1) is 10.7 Å². The van der Waals surface area contributed by atoms with Crippen molar-refractivity contribution in [2.45, 2.75) is 6.92 Å². The molecule has 0 atom stereocenters. The van der Waals surface area contributed by atoms with Crippen molar-refractivity contribution >= 4 is 23.2 Å². The van der Waals surface area contributed by atoms with E-state index in [2.05, 4.69) is 10.5 Å². The number of hydrogen-bond acceptors (Lipinski definition) is 3. The summed E-state index contributed by atoms with van der Waals surface area (Å²) in [6.07, 6.45) is 0. The minimum absolute atomic E-state index is 0.0232. The van der Waals surface area contributed by atoms with Gasteiger partial charge in [-0.15, -0.1) is 0 Å². The highest BCUT2D eigenvalue weighted by atomic mass is 35.5. The van der Waals surface area contributed by atoms with E-state index in [1.807, 2.05) is 0 Å². The van der Waals surface area contributed by atoms with E-state index in [-0.39, 0.29) is 10.8 Å². The van der Waals surface area contributed by atoms with E-state index in [1.165, 1.54) is 30.3 Å². The van der Waals surface area contributed by atoms with Crippen LogP contribution in [0.4, 0.5) is 8.78 Å². The molecule has 1 N–H and O–H groups in total. The van der Waals surface area contributed by atoms with E-state index in [0.717, 1.165) is 6.07 Å². The predicted octanol–water partition coefficient (Wildman–Crippen LogP) is 3.54. The maximum atomic E-state index is 13.3. The maximum absolute atomic E-state index is 13.3. The van der Waals surface area contributed by atoms with Crippen LogP contribution in [0.15, 0.2) is 47.6 Å². The van der Waals surface area contributed by atoms with Crippen molar-refractivity contribution in [2.24, 2.45) is 5.10 Å². The second-order valence-electron chi connectivity index (χ2n) is 4.58. The monoisotopic (exact) mass is 338 g/mol. The summed E-state index contributed by atoms with van der Waals surface area (Å²) in [5, 5.41) is 4.04. The number of nitrogens with zero attached hydrogens (tertiary/aromatic N) is 1. The van der Waals surface area contributed by atoms with Gasteiger partial charge in [0.15, 0.2) is 18.2 Å². The highest BCUT2D eigenvalue weighted by Gasteiger charge is 2.08. The van der Waals surface area contributed by atoms with Crippen LogP contribution in [0.1, 0.15) is 12.5 Å². The smallest absolute Gasteiger partial charge is 0.277 e. The van der Waals surface area contributed by atoms with Gasteiger partial charge in [-0.05, 0) is 37.3 Å². The number of para-hydroxylation sites is 1. The minimum Gasteiger partial charge on any atom is -0.481 e. The third kappa shape index (κ3) is 4.75. The molecular formula is C16H13ClF2N2O2. The number of carbonyl (C=O) groups excluding carboxylic acids is 1. The minimum atomic E-state index is -0.564. The topological polar surface area (TPSA) is 50.7 Å². The first-order valence-electron chi connectivity index (χ1n) is 6.63. The fraction of sp³-hybridized carbons (Fsp3) is 0.125. The number of ether oxygens (including phenoxy) is 1. The van der Waals surface area contributed by atoms with Gasteiger partial charge in [0.2, 0.25) is 0 Å². The number of halogens is 3. The zero-order valence-corrected chi connectivity index (χ0v) is 12.9. The molecule has 0 aliphatic heterocycles. The highest BCUT2D eigenvalue weighted by molar-refractivity contribution is 6.34. The SMILES string of the molecule is C/C(=N/NC(=O)COc1ccccc1F)c1ccc(F)cc1Cl. The van der Waals surface area contributed by atoms with Crippen molar-refractivity contribution in [3.05, 3.63) is 64.7 Å². The van der Waals surface area contributed by atoms with Crippen LogP contribution in [-0.2, 0) is 4.79 Å². The van der Waals surface area contributed by atoms with Gasteiger partial charge in [-0.3, -0.25) is 4.79 Å². The molecular weight excluding hydrogens is 326 g/mol. The van der Waals surface area contributed by atoms with Gasteiger partial charge in [-0.1, -0.05) is 23.7 Å². The standard InChI is InChI=1S/C16H13ClF2N2O2/c1-10(12-7-6-11(18)8-13(12)17)20-21-16(22)9-23-15-5-3-2-4-14(15)19/h2-8H,9H2,1H3,(H,21,22)/b20-10-. The molecule has 2 aromatic rings. The number of hydrogen-bond donors (Lipinski definition) is 1. The lowest BCUT2D eigenvalue weighted by molar-refractivity contribution is -0.123. The van der Waals surface area contributed by atoms with Gasteiger partial charge < -0.3 is 4.74 Å². The summed E-state index contributed by atoms with van der Waals surface area (Å²) in [5.74, 6) is -1.61. The highest BCUT2D eigenvalue weighted by Crippen LogP contribution is 2.18. The number of benzene rings is 2. The maximum Gasteiger partial charge on any atom is 0.277 e. The third-order valence-electron chi connectivity index (χ3n) is 2.86. The predicted molar refractivity (Wildman–Crippen MR) is 83.7 cm³/mol. The lowest BCUT2D eigenvalue weighted by Gasteiger charge is -2.07. The van der Waals surface area contributed by atoms with Gasteiger partial charge in [0, 0.05) is 5.56 Å². The van der Waals surface area contributed by atoms with Crippen LogP contribution in [0.25, 0.3) is 0 Å². The fourth-order valence-electron chi connectivity index (χ4n) is 1.73. The molecule has 0 heterocycles. The number of amides is 1. The molecule has 2 rings (SSSR count). The molecule has 120 valence electrons. The average molecular weight is 339 g/mol. The molecule has 0 unspecified atom stereocenters. The van der Waals surface area contributed by atoms with E-state index in [9.17, 15) is 13.6 Å².